The van der Waals surface area contributed by atoms with E-state index in [9.17, 15) is 9.90 Å². The van der Waals surface area contributed by atoms with Crippen molar-refractivity contribution in [3.63, 3.8) is 0 Å². The van der Waals surface area contributed by atoms with Crippen LogP contribution in [-0.4, -0.2) is 59.0 Å². The molecule has 2 fully saturated rings. The Kier molecular flexibility index (Phi) is 4.20. The number of ether oxygens (including phenoxy) is 1. The minimum Gasteiger partial charge on any atom is -0.444 e. The molecule has 1 spiro atoms. The molecule has 6 heteroatoms. The Labute approximate surface area is 143 Å². The highest BCUT2D eigenvalue weighted by Gasteiger charge is 2.54. The number of likely N-dealkylation sites (tertiary alicyclic amines) is 1. The van der Waals surface area contributed by atoms with Crippen molar-refractivity contribution in [1.29, 1.82) is 0 Å². The fourth-order valence-corrected chi connectivity index (χ4v) is 3.44. The molecule has 2 saturated heterocycles. The third-order valence-corrected chi connectivity index (χ3v) is 4.43. The van der Waals surface area contributed by atoms with E-state index in [1.807, 2.05) is 32.9 Å². The second kappa shape index (κ2) is 5.92. The van der Waals surface area contributed by atoms with Gasteiger partial charge in [0.05, 0.1) is 6.10 Å². The number of aromatic nitrogens is 1. The maximum atomic E-state index is 12.0. The summed E-state index contributed by atoms with van der Waals surface area (Å²) in [6.45, 7) is 10.9. The second-order valence-electron chi connectivity index (χ2n) is 8.25. The van der Waals surface area contributed by atoms with Crippen LogP contribution in [0.2, 0.25) is 0 Å². The number of rotatable bonds is 3. The average Bonchev–Trinajstić information content (AvgIpc) is 2.32. The minimum atomic E-state index is -0.442. The van der Waals surface area contributed by atoms with Crippen molar-refractivity contribution in [3.8, 4) is 0 Å². The summed E-state index contributed by atoms with van der Waals surface area (Å²) in [6.07, 6.45) is 1.77. The zero-order valence-electron chi connectivity index (χ0n) is 15.0. The fourth-order valence-electron chi connectivity index (χ4n) is 3.44. The lowest BCUT2D eigenvalue weighted by atomic mass is 9.73. The quantitative estimate of drug-likeness (QED) is 0.917. The van der Waals surface area contributed by atoms with Gasteiger partial charge in [-0.25, -0.2) is 4.79 Å². The summed E-state index contributed by atoms with van der Waals surface area (Å²) in [5.74, 6) is 0. The van der Waals surface area contributed by atoms with Crippen molar-refractivity contribution in [2.24, 2.45) is 5.41 Å². The normalized spacial score (nSPS) is 20.4. The number of aliphatic hydroxyl groups excluding tert-OH is 1. The van der Waals surface area contributed by atoms with Gasteiger partial charge in [-0.15, -0.1) is 0 Å². The van der Waals surface area contributed by atoms with Crippen LogP contribution < -0.4 is 4.90 Å². The van der Waals surface area contributed by atoms with Gasteiger partial charge in [-0.3, -0.25) is 4.98 Å². The molecule has 1 unspecified atom stereocenters. The zero-order chi connectivity index (χ0) is 17.5. The molecular formula is C18H27N3O3. The molecule has 1 N–H and O–H groups in total. The largest absolute Gasteiger partial charge is 0.444 e. The van der Waals surface area contributed by atoms with Crippen molar-refractivity contribution in [1.82, 2.24) is 9.88 Å². The maximum absolute atomic E-state index is 12.0. The van der Waals surface area contributed by atoms with Gasteiger partial charge >= 0.3 is 6.09 Å². The molecule has 0 aromatic carbocycles. The average molecular weight is 333 g/mol. The maximum Gasteiger partial charge on any atom is 0.410 e. The van der Waals surface area contributed by atoms with Gasteiger partial charge in [0.25, 0.3) is 0 Å². The van der Waals surface area contributed by atoms with Gasteiger partial charge in [0, 0.05) is 55.6 Å². The molecule has 24 heavy (non-hydrogen) atoms. The molecule has 0 bridgehead atoms. The topological polar surface area (TPSA) is 65.9 Å². The molecule has 3 heterocycles. The number of carbonyl (C=O) groups excluding carboxylic acids is 1. The van der Waals surface area contributed by atoms with E-state index in [1.54, 1.807) is 18.0 Å². The van der Waals surface area contributed by atoms with Gasteiger partial charge in [-0.05, 0) is 39.8 Å². The van der Waals surface area contributed by atoms with Crippen LogP contribution in [0.5, 0.6) is 0 Å². The van der Waals surface area contributed by atoms with E-state index in [0.29, 0.717) is 6.42 Å². The highest BCUT2D eigenvalue weighted by molar-refractivity contribution is 5.70. The summed E-state index contributed by atoms with van der Waals surface area (Å²) in [5, 5.41) is 9.50. The first-order valence-electron chi connectivity index (χ1n) is 8.52. The van der Waals surface area contributed by atoms with Crippen LogP contribution in [0.25, 0.3) is 0 Å². The number of aliphatic hydroxyl groups is 1. The number of carbonyl (C=O) groups is 1. The number of hydrogen-bond donors (Lipinski definition) is 1. The number of nitrogens with zero attached hydrogens (tertiary/aromatic N) is 3. The molecule has 132 valence electrons. The standard InChI is InChI=1S/C18H27N3O3/c1-13(22)7-14-8-15(5-6-19-14)20-9-18(10-20)11-21(12-18)16(23)24-17(2,3)4/h5-6,8,13,22H,7,9-12H2,1-4H3. The predicted octanol–water partition coefficient (Wildman–Crippen LogP) is 2.06. The lowest BCUT2D eigenvalue weighted by molar-refractivity contribution is -0.0453. The van der Waals surface area contributed by atoms with Gasteiger partial charge in [-0.1, -0.05) is 0 Å². The van der Waals surface area contributed by atoms with Gasteiger partial charge < -0.3 is 19.6 Å². The van der Waals surface area contributed by atoms with Crippen molar-refractivity contribution in [2.75, 3.05) is 31.1 Å². The summed E-state index contributed by atoms with van der Waals surface area (Å²) in [7, 11) is 0. The van der Waals surface area contributed by atoms with Crippen LogP contribution in [-0.2, 0) is 11.2 Å². The summed E-state index contributed by atoms with van der Waals surface area (Å²) >= 11 is 0. The van der Waals surface area contributed by atoms with Crippen molar-refractivity contribution in [3.05, 3.63) is 24.0 Å². The molecule has 2 aliphatic heterocycles. The highest BCUT2D eigenvalue weighted by atomic mass is 16.6. The van der Waals surface area contributed by atoms with E-state index in [0.717, 1.165) is 37.6 Å². The van der Waals surface area contributed by atoms with E-state index in [4.69, 9.17) is 4.74 Å². The van der Waals surface area contributed by atoms with Crippen LogP contribution >= 0.6 is 0 Å². The highest BCUT2D eigenvalue weighted by Crippen LogP contribution is 2.42. The van der Waals surface area contributed by atoms with Crippen LogP contribution in [0, 0.1) is 5.41 Å². The van der Waals surface area contributed by atoms with Crippen LogP contribution in [0.1, 0.15) is 33.4 Å². The monoisotopic (exact) mass is 333 g/mol. The second-order valence-corrected chi connectivity index (χ2v) is 8.25. The zero-order valence-corrected chi connectivity index (χ0v) is 15.0. The molecule has 1 atom stereocenters. The van der Waals surface area contributed by atoms with Crippen LogP contribution in [0.15, 0.2) is 18.3 Å². The number of amides is 1. The first-order chi connectivity index (χ1) is 11.2. The summed E-state index contributed by atoms with van der Waals surface area (Å²) in [4.78, 5) is 20.4. The molecule has 2 aliphatic rings. The van der Waals surface area contributed by atoms with Gasteiger partial charge in [0.1, 0.15) is 5.60 Å². The Hall–Kier alpha value is -1.82. The van der Waals surface area contributed by atoms with E-state index >= 15 is 0 Å². The molecule has 1 amide bonds. The van der Waals surface area contributed by atoms with E-state index in [2.05, 4.69) is 9.88 Å². The number of hydrogen-bond acceptors (Lipinski definition) is 5. The first-order valence-corrected chi connectivity index (χ1v) is 8.52. The van der Waals surface area contributed by atoms with E-state index in [-0.39, 0.29) is 17.6 Å². The fraction of sp³-hybridized carbons (Fsp3) is 0.667. The molecule has 0 saturated carbocycles. The first kappa shape index (κ1) is 17.0. The van der Waals surface area contributed by atoms with Gasteiger partial charge in [0.15, 0.2) is 0 Å². The number of pyridine rings is 1. The van der Waals surface area contributed by atoms with E-state index in [1.165, 1.54) is 0 Å². The summed E-state index contributed by atoms with van der Waals surface area (Å²) < 4.78 is 5.41. The molecule has 1 aromatic rings. The predicted molar refractivity (Wildman–Crippen MR) is 92.1 cm³/mol. The lowest BCUT2D eigenvalue weighted by Crippen LogP contribution is -2.73. The number of anilines is 1. The SMILES string of the molecule is CC(O)Cc1cc(N2CC3(CN(C(=O)OC(C)(C)C)C3)C2)ccn1. The Morgan fingerprint density at radius 2 is 2.04 bits per heavy atom. The summed E-state index contributed by atoms with van der Waals surface area (Å²) in [5.41, 5.74) is 1.82. The molecule has 1 aromatic heterocycles. The molecule has 0 aliphatic carbocycles. The van der Waals surface area contributed by atoms with Crippen LogP contribution in [0.3, 0.4) is 0 Å². The van der Waals surface area contributed by atoms with Crippen molar-refractivity contribution >= 4 is 11.8 Å². The Bertz CT molecular complexity index is 610. The lowest BCUT2D eigenvalue weighted by Gasteiger charge is -2.60. The van der Waals surface area contributed by atoms with Gasteiger partial charge in [0.2, 0.25) is 0 Å². The van der Waals surface area contributed by atoms with Gasteiger partial charge in [-0.2, -0.15) is 0 Å². The molecule has 3 rings (SSSR count). The minimum absolute atomic E-state index is 0.213. The Morgan fingerprint density at radius 1 is 1.38 bits per heavy atom. The Balaban J connectivity index is 1.51. The molecule has 0 radical (unpaired) electrons. The molecule has 6 nitrogen and oxygen atoms in total. The Morgan fingerprint density at radius 3 is 2.62 bits per heavy atom. The van der Waals surface area contributed by atoms with Crippen LogP contribution in [0.4, 0.5) is 10.5 Å². The van der Waals surface area contributed by atoms with Crippen molar-refractivity contribution < 1.29 is 14.6 Å². The smallest absolute Gasteiger partial charge is 0.410 e. The van der Waals surface area contributed by atoms with E-state index < -0.39 is 5.60 Å². The third-order valence-electron chi connectivity index (χ3n) is 4.43. The van der Waals surface area contributed by atoms with Crippen molar-refractivity contribution in [2.45, 2.75) is 45.8 Å². The summed E-state index contributed by atoms with van der Waals surface area (Å²) in [6, 6.07) is 4.05. The molecular weight excluding hydrogens is 306 g/mol. The third kappa shape index (κ3) is 3.64.